The summed E-state index contributed by atoms with van der Waals surface area (Å²) in [6.07, 6.45) is 11.4. The van der Waals surface area contributed by atoms with Crippen molar-refractivity contribution in [3.05, 3.63) is 47.9 Å². The number of rotatable bonds is 4. The van der Waals surface area contributed by atoms with Gasteiger partial charge in [0.25, 0.3) is 5.91 Å². The molecule has 1 atom stereocenters. The number of amides is 1. The lowest BCUT2D eigenvalue weighted by Crippen LogP contribution is -2.36. The highest BCUT2D eigenvalue weighted by Crippen LogP contribution is 2.19. The van der Waals surface area contributed by atoms with Crippen LogP contribution in [0.2, 0.25) is 0 Å². The van der Waals surface area contributed by atoms with Gasteiger partial charge >= 0.3 is 0 Å². The van der Waals surface area contributed by atoms with Gasteiger partial charge in [-0.05, 0) is 25.0 Å². The Morgan fingerprint density at radius 3 is 3.05 bits per heavy atom. The van der Waals surface area contributed by atoms with Crippen LogP contribution in [0, 0.1) is 6.92 Å². The molecule has 0 unspecified atom stereocenters. The van der Waals surface area contributed by atoms with Gasteiger partial charge in [0.05, 0.1) is 6.04 Å². The molecule has 21 heavy (non-hydrogen) atoms. The molecule has 0 bridgehead atoms. The number of imidazole rings is 1. The van der Waals surface area contributed by atoms with Crippen LogP contribution in [0.4, 0.5) is 0 Å². The first kappa shape index (κ1) is 13.9. The Morgan fingerprint density at radius 1 is 1.38 bits per heavy atom. The minimum atomic E-state index is 0.0301. The Balaban J connectivity index is 1.83. The SMILES string of the molecule is CCCC[C@H]1C=CCN1C(=O)c1cn2cc(C)ccc2n1. The molecule has 1 aliphatic heterocycles. The maximum absolute atomic E-state index is 12.7. The van der Waals surface area contributed by atoms with Crippen molar-refractivity contribution in [2.24, 2.45) is 0 Å². The van der Waals surface area contributed by atoms with Crippen molar-refractivity contribution in [2.75, 3.05) is 6.54 Å². The topological polar surface area (TPSA) is 37.6 Å². The Hall–Kier alpha value is -2.10. The summed E-state index contributed by atoms with van der Waals surface area (Å²) in [6, 6.07) is 4.19. The third kappa shape index (κ3) is 2.71. The molecule has 3 heterocycles. The van der Waals surface area contributed by atoms with Gasteiger partial charge in [-0.25, -0.2) is 4.98 Å². The molecule has 0 fully saturated rings. The second-order valence-electron chi connectivity index (χ2n) is 5.69. The molecule has 0 saturated heterocycles. The highest BCUT2D eigenvalue weighted by Gasteiger charge is 2.26. The molecule has 4 heteroatoms. The number of unbranched alkanes of at least 4 members (excludes halogenated alkanes) is 1. The van der Waals surface area contributed by atoms with Crippen LogP contribution in [0.3, 0.4) is 0 Å². The largest absolute Gasteiger partial charge is 0.327 e. The lowest BCUT2D eigenvalue weighted by Gasteiger charge is -2.23. The molecule has 3 rings (SSSR count). The molecule has 0 N–H and O–H groups in total. The van der Waals surface area contributed by atoms with Gasteiger partial charge in [-0.15, -0.1) is 0 Å². The highest BCUT2D eigenvalue weighted by molar-refractivity contribution is 5.93. The van der Waals surface area contributed by atoms with Crippen LogP contribution in [0.25, 0.3) is 5.65 Å². The van der Waals surface area contributed by atoms with E-state index in [2.05, 4.69) is 24.1 Å². The molecule has 0 saturated carbocycles. The van der Waals surface area contributed by atoms with Crippen LogP contribution in [0.5, 0.6) is 0 Å². The summed E-state index contributed by atoms with van der Waals surface area (Å²) >= 11 is 0. The molecule has 4 nitrogen and oxygen atoms in total. The van der Waals surface area contributed by atoms with E-state index in [-0.39, 0.29) is 11.9 Å². The van der Waals surface area contributed by atoms with Gasteiger partial charge in [-0.3, -0.25) is 4.79 Å². The van der Waals surface area contributed by atoms with E-state index in [1.807, 2.05) is 40.8 Å². The Bertz CT molecular complexity index is 686. The Morgan fingerprint density at radius 2 is 2.24 bits per heavy atom. The first-order valence-corrected chi connectivity index (χ1v) is 7.62. The number of carbonyl (C=O) groups is 1. The summed E-state index contributed by atoms with van der Waals surface area (Å²) in [5, 5.41) is 0. The molecular weight excluding hydrogens is 262 g/mol. The molecule has 0 radical (unpaired) electrons. The van der Waals surface area contributed by atoms with E-state index in [0.717, 1.165) is 30.5 Å². The zero-order chi connectivity index (χ0) is 14.8. The highest BCUT2D eigenvalue weighted by atomic mass is 16.2. The van der Waals surface area contributed by atoms with E-state index in [9.17, 15) is 4.79 Å². The van der Waals surface area contributed by atoms with Gasteiger partial charge in [0.15, 0.2) is 0 Å². The number of aryl methyl sites for hydroxylation is 1. The van der Waals surface area contributed by atoms with Crippen LogP contribution >= 0.6 is 0 Å². The van der Waals surface area contributed by atoms with Crippen LogP contribution < -0.4 is 0 Å². The predicted molar refractivity (Wildman–Crippen MR) is 83.4 cm³/mol. The van der Waals surface area contributed by atoms with Crippen LogP contribution in [-0.2, 0) is 0 Å². The maximum Gasteiger partial charge on any atom is 0.274 e. The van der Waals surface area contributed by atoms with E-state index < -0.39 is 0 Å². The van der Waals surface area contributed by atoms with Crippen LogP contribution in [0.1, 0.15) is 42.2 Å². The normalized spacial score (nSPS) is 17.8. The number of aromatic nitrogens is 2. The van der Waals surface area contributed by atoms with Crippen molar-refractivity contribution in [3.8, 4) is 0 Å². The van der Waals surface area contributed by atoms with E-state index in [1.165, 1.54) is 0 Å². The molecule has 110 valence electrons. The average molecular weight is 283 g/mol. The first-order chi connectivity index (χ1) is 10.2. The second-order valence-corrected chi connectivity index (χ2v) is 5.69. The van der Waals surface area contributed by atoms with Gasteiger partial charge in [0.2, 0.25) is 0 Å². The van der Waals surface area contributed by atoms with Crippen LogP contribution in [-0.4, -0.2) is 32.8 Å². The standard InChI is InChI=1S/C17H21N3O/c1-3-4-6-14-7-5-10-20(14)17(21)15-12-19-11-13(2)8-9-16(19)18-15/h5,7-9,11-12,14H,3-4,6,10H2,1-2H3/t14-/m0/s1. The van der Waals surface area contributed by atoms with Gasteiger partial charge in [-0.1, -0.05) is 38.0 Å². The molecule has 2 aromatic heterocycles. The smallest absolute Gasteiger partial charge is 0.274 e. The predicted octanol–water partition coefficient (Wildman–Crippen LogP) is 3.21. The Kier molecular flexibility index (Phi) is 3.78. The maximum atomic E-state index is 12.7. The summed E-state index contributed by atoms with van der Waals surface area (Å²) in [4.78, 5) is 19.1. The van der Waals surface area contributed by atoms with Crippen molar-refractivity contribution < 1.29 is 4.79 Å². The third-order valence-electron chi connectivity index (χ3n) is 3.99. The zero-order valence-corrected chi connectivity index (χ0v) is 12.6. The summed E-state index contributed by atoms with van der Waals surface area (Å²) in [6.45, 7) is 4.90. The molecule has 0 spiro atoms. The molecule has 1 aliphatic rings. The third-order valence-corrected chi connectivity index (χ3v) is 3.99. The lowest BCUT2D eigenvalue weighted by molar-refractivity contribution is 0.0738. The van der Waals surface area contributed by atoms with Gasteiger partial charge < -0.3 is 9.30 Å². The van der Waals surface area contributed by atoms with Gasteiger partial charge in [-0.2, -0.15) is 0 Å². The van der Waals surface area contributed by atoms with E-state index in [1.54, 1.807) is 0 Å². The van der Waals surface area contributed by atoms with Crippen LogP contribution in [0.15, 0.2) is 36.7 Å². The molecule has 0 aliphatic carbocycles. The number of nitrogens with zero attached hydrogens (tertiary/aromatic N) is 3. The quantitative estimate of drug-likeness (QED) is 0.808. The minimum Gasteiger partial charge on any atom is -0.327 e. The second kappa shape index (κ2) is 5.72. The van der Waals surface area contributed by atoms with Gasteiger partial charge in [0, 0.05) is 18.9 Å². The molecule has 1 amide bonds. The molecule has 0 aromatic carbocycles. The van der Waals surface area contributed by atoms with Crippen molar-refractivity contribution in [3.63, 3.8) is 0 Å². The number of hydrogen-bond donors (Lipinski definition) is 0. The number of fused-ring (bicyclic) bond motifs is 1. The number of pyridine rings is 1. The fourth-order valence-electron chi connectivity index (χ4n) is 2.82. The lowest BCUT2D eigenvalue weighted by atomic mass is 10.1. The molecule has 2 aromatic rings. The van der Waals surface area contributed by atoms with Crippen molar-refractivity contribution in [1.82, 2.24) is 14.3 Å². The van der Waals surface area contributed by atoms with E-state index in [4.69, 9.17) is 0 Å². The fraction of sp³-hybridized carbons (Fsp3) is 0.412. The van der Waals surface area contributed by atoms with Crippen molar-refractivity contribution in [1.29, 1.82) is 0 Å². The zero-order valence-electron chi connectivity index (χ0n) is 12.6. The van der Waals surface area contributed by atoms with E-state index in [0.29, 0.717) is 12.2 Å². The fourth-order valence-corrected chi connectivity index (χ4v) is 2.82. The summed E-state index contributed by atoms with van der Waals surface area (Å²) < 4.78 is 1.92. The molecular formula is C17H21N3O. The number of carbonyl (C=O) groups excluding carboxylic acids is 1. The minimum absolute atomic E-state index is 0.0301. The van der Waals surface area contributed by atoms with E-state index >= 15 is 0 Å². The number of hydrogen-bond acceptors (Lipinski definition) is 2. The van der Waals surface area contributed by atoms with Gasteiger partial charge in [0.1, 0.15) is 11.3 Å². The average Bonchev–Trinajstić information content (AvgIpc) is 3.10. The summed E-state index contributed by atoms with van der Waals surface area (Å²) in [5.41, 5.74) is 2.51. The van der Waals surface area contributed by atoms with Crippen molar-refractivity contribution >= 4 is 11.6 Å². The Labute approximate surface area is 125 Å². The summed E-state index contributed by atoms with van der Waals surface area (Å²) in [7, 11) is 0. The monoisotopic (exact) mass is 283 g/mol. The summed E-state index contributed by atoms with van der Waals surface area (Å²) in [5.74, 6) is 0.0301. The van der Waals surface area contributed by atoms with Crippen molar-refractivity contribution in [2.45, 2.75) is 39.2 Å². The first-order valence-electron chi connectivity index (χ1n) is 7.62.